The van der Waals surface area contributed by atoms with Crippen molar-refractivity contribution in [3.63, 3.8) is 0 Å². The predicted octanol–water partition coefficient (Wildman–Crippen LogP) is 4.09. The number of piperazine rings is 1. The highest BCUT2D eigenvalue weighted by Crippen LogP contribution is 2.25. The summed E-state index contributed by atoms with van der Waals surface area (Å²) in [6.07, 6.45) is 1.58. The third-order valence-electron chi connectivity index (χ3n) is 7.48. The van der Waals surface area contributed by atoms with E-state index in [9.17, 15) is 4.79 Å². The molecule has 0 saturated carbocycles. The van der Waals surface area contributed by atoms with Crippen molar-refractivity contribution in [2.45, 2.75) is 0 Å². The minimum absolute atomic E-state index is 0.244. The Balaban J connectivity index is 1.32. The number of nitrogens with one attached hydrogen (secondary N) is 1. The average molecular weight is 533 g/mol. The molecule has 3 aromatic carbocycles. The highest BCUT2D eigenvalue weighted by Gasteiger charge is 2.19. The van der Waals surface area contributed by atoms with Gasteiger partial charge in [0.25, 0.3) is 5.56 Å². The van der Waals surface area contributed by atoms with E-state index in [4.69, 9.17) is 14.7 Å². The first-order valence-electron chi connectivity index (χ1n) is 13.2. The number of ether oxygens (including phenoxy) is 1. The average Bonchev–Trinajstić information content (AvgIpc) is 3.38. The van der Waals surface area contributed by atoms with Gasteiger partial charge in [0.15, 0.2) is 5.65 Å². The van der Waals surface area contributed by atoms with Crippen LogP contribution in [0.2, 0.25) is 0 Å². The minimum atomic E-state index is -0.244. The van der Waals surface area contributed by atoms with Gasteiger partial charge >= 0.3 is 0 Å². The summed E-state index contributed by atoms with van der Waals surface area (Å²) in [5, 5.41) is 3.70. The molecule has 7 rings (SSSR count). The van der Waals surface area contributed by atoms with Crippen molar-refractivity contribution in [2.24, 2.45) is 0 Å². The monoisotopic (exact) mass is 532 g/mol. The van der Waals surface area contributed by atoms with Crippen LogP contribution in [-0.2, 0) is 0 Å². The van der Waals surface area contributed by atoms with E-state index in [2.05, 4.69) is 39.3 Å². The molecule has 40 heavy (non-hydrogen) atoms. The molecule has 0 atom stereocenters. The Bertz CT molecular complexity index is 1900. The van der Waals surface area contributed by atoms with Crippen LogP contribution in [0.25, 0.3) is 33.5 Å². The molecule has 0 bridgehead atoms. The summed E-state index contributed by atoms with van der Waals surface area (Å²) in [5.41, 5.74) is 4.61. The smallest absolute Gasteiger partial charge is 0.270 e. The second-order valence-corrected chi connectivity index (χ2v) is 9.97. The van der Waals surface area contributed by atoms with Crippen molar-refractivity contribution in [3.05, 3.63) is 89.3 Å². The molecule has 4 heterocycles. The first-order chi connectivity index (χ1) is 19.6. The van der Waals surface area contributed by atoms with E-state index in [1.54, 1.807) is 17.9 Å². The molecule has 1 aliphatic rings. The lowest BCUT2D eigenvalue weighted by atomic mass is 10.2. The van der Waals surface area contributed by atoms with Crippen LogP contribution in [0, 0.1) is 0 Å². The highest BCUT2D eigenvalue weighted by molar-refractivity contribution is 5.88. The van der Waals surface area contributed by atoms with E-state index in [0.717, 1.165) is 42.9 Å². The van der Waals surface area contributed by atoms with E-state index in [1.807, 2.05) is 65.1 Å². The van der Waals surface area contributed by atoms with Gasteiger partial charge in [-0.2, -0.15) is 4.98 Å². The number of fused-ring (bicyclic) bond motifs is 5. The van der Waals surface area contributed by atoms with E-state index in [0.29, 0.717) is 34.2 Å². The lowest BCUT2D eigenvalue weighted by Gasteiger charge is -2.34. The molecule has 10 nitrogen and oxygen atoms in total. The Labute approximate surface area is 230 Å². The molecule has 3 aromatic heterocycles. The largest absolute Gasteiger partial charge is 0.497 e. The third-order valence-corrected chi connectivity index (χ3v) is 7.48. The standard InChI is InChI=1S/C30H28N8O2/c1-35-15-17-36(18-16-35)21-9-7-20(8-10-21)32-29-31-19-24-27(34-29)38-26-6-4-3-5-25(26)33-30(38)37(28(24)39)22-11-13-23(40-2)14-12-22/h3-14,19H,15-18H2,1-2H3,(H,31,32,34). The lowest BCUT2D eigenvalue weighted by Crippen LogP contribution is -2.44. The number of methoxy groups -OCH3 is 1. The van der Waals surface area contributed by atoms with E-state index < -0.39 is 0 Å². The molecule has 0 unspecified atom stereocenters. The number of benzene rings is 3. The fourth-order valence-electron chi connectivity index (χ4n) is 5.25. The maximum atomic E-state index is 13.8. The Morgan fingerprint density at radius 1 is 0.850 bits per heavy atom. The summed E-state index contributed by atoms with van der Waals surface area (Å²) in [6.45, 7) is 4.14. The highest BCUT2D eigenvalue weighted by atomic mass is 16.5. The SMILES string of the molecule is COc1ccc(-n2c(=O)c3cnc(Nc4ccc(N5CCN(C)CC5)cc4)nc3n3c4ccccc4nc23)cc1. The van der Waals surface area contributed by atoms with Crippen LogP contribution < -0.4 is 20.5 Å². The van der Waals surface area contributed by atoms with Crippen molar-refractivity contribution in [1.29, 1.82) is 0 Å². The van der Waals surface area contributed by atoms with Gasteiger partial charge in [0.05, 0.1) is 23.8 Å². The van der Waals surface area contributed by atoms with Crippen molar-refractivity contribution in [2.75, 3.05) is 50.6 Å². The Morgan fingerprint density at radius 2 is 1.57 bits per heavy atom. The third kappa shape index (κ3) is 4.09. The van der Waals surface area contributed by atoms with Gasteiger partial charge in [0.1, 0.15) is 11.1 Å². The summed E-state index contributed by atoms with van der Waals surface area (Å²) in [4.78, 5) is 32.7. The Morgan fingerprint density at radius 3 is 2.33 bits per heavy atom. The fourth-order valence-corrected chi connectivity index (χ4v) is 5.25. The van der Waals surface area contributed by atoms with Gasteiger partial charge in [-0.3, -0.25) is 9.20 Å². The number of nitrogens with zero attached hydrogens (tertiary/aromatic N) is 7. The summed E-state index contributed by atoms with van der Waals surface area (Å²) < 4.78 is 8.81. The zero-order chi connectivity index (χ0) is 27.2. The van der Waals surface area contributed by atoms with Crippen molar-refractivity contribution in [3.8, 4) is 11.4 Å². The molecular formula is C30H28N8O2. The number of para-hydroxylation sites is 2. The van der Waals surface area contributed by atoms with Gasteiger partial charge in [-0.05, 0) is 67.7 Å². The van der Waals surface area contributed by atoms with Crippen molar-refractivity contribution < 1.29 is 4.74 Å². The number of rotatable bonds is 5. The number of hydrogen-bond acceptors (Lipinski definition) is 8. The Hall–Kier alpha value is -4.96. The number of likely N-dealkylation sites (N-methyl/N-ethyl adjacent to an activating group) is 1. The first kappa shape index (κ1) is 24.1. The second kappa shape index (κ2) is 9.65. The summed E-state index contributed by atoms with van der Waals surface area (Å²) in [6, 6.07) is 23.4. The van der Waals surface area contributed by atoms with Crippen LogP contribution in [0.15, 0.2) is 83.8 Å². The topological polar surface area (TPSA) is 92.8 Å². The van der Waals surface area contributed by atoms with Gasteiger partial charge in [-0.1, -0.05) is 12.1 Å². The molecule has 200 valence electrons. The van der Waals surface area contributed by atoms with Gasteiger partial charge in [-0.25, -0.2) is 14.5 Å². The van der Waals surface area contributed by atoms with E-state index in [1.165, 1.54) is 5.69 Å². The van der Waals surface area contributed by atoms with Gasteiger partial charge in [0, 0.05) is 43.8 Å². The first-order valence-corrected chi connectivity index (χ1v) is 13.2. The second-order valence-electron chi connectivity index (χ2n) is 9.97. The summed E-state index contributed by atoms with van der Waals surface area (Å²) in [5.74, 6) is 1.59. The molecular weight excluding hydrogens is 504 g/mol. The quantitative estimate of drug-likeness (QED) is 0.355. The lowest BCUT2D eigenvalue weighted by molar-refractivity contribution is 0.313. The maximum Gasteiger partial charge on any atom is 0.270 e. The molecule has 6 aromatic rings. The van der Waals surface area contributed by atoms with Crippen molar-refractivity contribution in [1.82, 2.24) is 28.8 Å². The van der Waals surface area contributed by atoms with Gasteiger partial charge in [-0.15, -0.1) is 0 Å². The molecule has 1 fully saturated rings. The fraction of sp³-hybridized carbons (Fsp3) is 0.200. The molecule has 10 heteroatoms. The summed E-state index contributed by atoms with van der Waals surface area (Å²) >= 11 is 0. The van der Waals surface area contributed by atoms with Crippen LogP contribution in [0.5, 0.6) is 5.75 Å². The number of imidazole rings is 1. The molecule has 0 aliphatic carbocycles. The van der Waals surface area contributed by atoms with E-state index in [-0.39, 0.29) is 5.56 Å². The Kier molecular flexibility index (Phi) is 5.82. The number of anilines is 3. The normalized spacial score (nSPS) is 14.3. The van der Waals surface area contributed by atoms with Crippen LogP contribution in [-0.4, -0.2) is 69.2 Å². The maximum absolute atomic E-state index is 13.8. The molecule has 0 amide bonds. The molecule has 1 N–H and O–H groups in total. The van der Waals surface area contributed by atoms with Crippen LogP contribution in [0.4, 0.5) is 17.3 Å². The van der Waals surface area contributed by atoms with Gasteiger partial charge in [0.2, 0.25) is 11.7 Å². The van der Waals surface area contributed by atoms with Crippen LogP contribution in [0.1, 0.15) is 0 Å². The zero-order valence-electron chi connectivity index (χ0n) is 22.3. The van der Waals surface area contributed by atoms with Gasteiger partial charge < -0.3 is 19.9 Å². The van der Waals surface area contributed by atoms with E-state index >= 15 is 0 Å². The minimum Gasteiger partial charge on any atom is -0.497 e. The molecule has 1 saturated heterocycles. The summed E-state index contributed by atoms with van der Waals surface area (Å²) in [7, 11) is 3.77. The van der Waals surface area contributed by atoms with Crippen LogP contribution >= 0.6 is 0 Å². The number of aromatic nitrogens is 5. The molecule has 0 spiro atoms. The zero-order valence-corrected chi connectivity index (χ0v) is 22.3. The molecule has 1 aliphatic heterocycles. The van der Waals surface area contributed by atoms with Crippen molar-refractivity contribution >= 4 is 45.2 Å². The predicted molar refractivity (Wildman–Crippen MR) is 157 cm³/mol. The van der Waals surface area contributed by atoms with Crippen LogP contribution in [0.3, 0.4) is 0 Å². The molecule has 0 radical (unpaired) electrons. The number of hydrogen-bond donors (Lipinski definition) is 1.